The molecule has 0 spiro atoms. The van der Waals surface area contributed by atoms with E-state index in [9.17, 15) is 4.79 Å². The monoisotopic (exact) mass is 301 g/mol. The topological polar surface area (TPSA) is 20.3 Å². The number of rotatable bonds is 4. The Morgan fingerprint density at radius 2 is 1.71 bits per heavy atom. The summed E-state index contributed by atoms with van der Waals surface area (Å²) in [6, 6.07) is 14.2. The van der Waals surface area contributed by atoms with E-state index < -0.39 is 0 Å². The lowest BCUT2D eigenvalue weighted by Gasteiger charge is -2.24. The Balaban J connectivity index is 2.37. The van der Waals surface area contributed by atoms with Crippen molar-refractivity contribution in [1.29, 1.82) is 0 Å². The molecule has 0 heterocycles. The van der Waals surface area contributed by atoms with E-state index in [-0.39, 0.29) is 11.8 Å². The fourth-order valence-corrected chi connectivity index (χ4v) is 2.39. The van der Waals surface area contributed by atoms with Gasteiger partial charge in [-0.1, -0.05) is 30.3 Å². The minimum absolute atomic E-state index is 0.0151. The molecule has 0 saturated heterocycles. The summed E-state index contributed by atoms with van der Waals surface area (Å²) >= 11 is 5.78. The number of nitrogens with zero attached hydrogens (tertiary/aromatic N) is 1. The summed E-state index contributed by atoms with van der Waals surface area (Å²) < 4.78 is 0. The number of aryl methyl sites for hydroxylation is 3. The van der Waals surface area contributed by atoms with Crippen molar-refractivity contribution >= 4 is 23.2 Å². The molecule has 0 saturated carbocycles. The number of alkyl halides is 1. The van der Waals surface area contributed by atoms with Gasteiger partial charge in [-0.15, -0.1) is 11.6 Å². The number of carbonyl (C=O) groups is 1. The van der Waals surface area contributed by atoms with Gasteiger partial charge in [0.25, 0.3) is 0 Å². The predicted octanol–water partition coefficient (Wildman–Crippen LogP) is 4.38. The van der Waals surface area contributed by atoms with Crippen LogP contribution in [0.25, 0.3) is 0 Å². The summed E-state index contributed by atoms with van der Waals surface area (Å²) in [5.41, 5.74) is 5.59. The van der Waals surface area contributed by atoms with E-state index in [0.717, 1.165) is 11.3 Å². The van der Waals surface area contributed by atoms with Gasteiger partial charge in [0.1, 0.15) is 5.88 Å². The van der Waals surface area contributed by atoms with Gasteiger partial charge in [0.15, 0.2) is 0 Å². The third-order valence-corrected chi connectivity index (χ3v) is 4.04. The first-order valence-corrected chi connectivity index (χ1v) is 7.54. The quantitative estimate of drug-likeness (QED) is 0.767. The summed E-state index contributed by atoms with van der Waals surface area (Å²) in [6.07, 6.45) is 0. The third-order valence-electron chi connectivity index (χ3n) is 3.81. The second-order valence-corrected chi connectivity index (χ2v) is 5.58. The number of amides is 1. The van der Waals surface area contributed by atoms with Crippen LogP contribution in [0.2, 0.25) is 0 Å². The summed E-state index contributed by atoms with van der Waals surface area (Å²) in [6.45, 7) is 6.71. The molecule has 2 aromatic rings. The summed E-state index contributed by atoms with van der Waals surface area (Å²) in [5.74, 6) is -0.0955. The number of hydrogen-bond donors (Lipinski definition) is 0. The minimum Gasteiger partial charge on any atom is -0.307 e. The maximum absolute atomic E-state index is 12.2. The molecule has 2 nitrogen and oxygen atoms in total. The normalized spacial score (nSPS) is 10.5. The van der Waals surface area contributed by atoms with E-state index in [0.29, 0.717) is 6.54 Å². The van der Waals surface area contributed by atoms with Gasteiger partial charge in [-0.25, -0.2) is 0 Å². The molecule has 0 radical (unpaired) electrons. The Morgan fingerprint density at radius 3 is 2.33 bits per heavy atom. The molecule has 21 heavy (non-hydrogen) atoms. The highest BCUT2D eigenvalue weighted by Gasteiger charge is 2.16. The number of anilines is 1. The molecule has 3 heteroatoms. The molecule has 0 aromatic heterocycles. The largest absolute Gasteiger partial charge is 0.307 e. The highest BCUT2D eigenvalue weighted by molar-refractivity contribution is 6.29. The lowest BCUT2D eigenvalue weighted by Crippen LogP contribution is -2.31. The maximum atomic E-state index is 12.2. The molecule has 0 aliphatic rings. The van der Waals surface area contributed by atoms with Crippen molar-refractivity contribution in [2.75, 3.05) is 10.8 Å². The fourth-order valence-electron chi connectivity index (χ4n) is 2.25. The summed E-state index contributed by atoms with van der Waals surface area (Å²) in [4.78, 5) is 14.0. The van der Waals surface area contributed by atoms with Crippen LogP contribution in [0.4, 0.5) is 5.69 Å². The van der Waals surface area contributed by atoms with E-state index in [1.165, 1.54) is 16.7 Å². The lowest BCUT2D eigenvalue weighted by atomic mass is 10.1. The molecule has 0 unspecified atom stereocenters. The smallest absolute Gasteiger partial charge is 0.242 e. The van der Waals surface area contributed by atoms with Crippen LogP contribution >= 0.6 is 11.6 Å². The van der Waals surface area contributed by atoms with Crippen LogP contribution in [0.15, 0.2) is 42.5 Å². The molecule has 0 fully saturated rings. The molecular weight excluding hydrogens is 282 g/mol. The average molecular weight is 302 g/mol. The van der Waals surface area contributed by atoms with Gasteiger partial charge < -0.3 is 4.90 Å². The number of benzene rings is 2. The van der Waals surface area contributed by atoms with Gasteiger partial charge in [-0.3, -0.25) is 4.79 Å². The SMILES string of the molecule is Cc1ccc(N(Cc2ccccc2C)C(=O)CCl)cc1C. The highest BCUT2D eigenvalue weighted by Crippen LogP contribution is 2.22. The Hall–Kier alpha value is -1.80. The van der Waals surface area contributed by atoms with Crippen LogP contribution in [0.1, 0.15) is 22.3 Å². The van der Waals surface area contributed by atoms with Crippen LogP contribution in [-0.4, -0.2) is 11.8 Å². The maximum Gasteiger partial charge on any atom is 0.242 e. The first-order chi connectivity index (χ1) is 10.0. The van der Waals surface area contributed by atoms with E-state index in [2.05, 4.69) is 26.8 Å². The van der Waals surface area contributed by atoms with Crippen molar-refractivity contribution in [3.8, 4) is 0 Å². The van der Waals surface area contributed by atoms with Crippen molar-refractivity contribution < 1.29 is 4.79 Å². The van der Waals surface area contributed by atoms with Crippen LogP contribution in [-0.2, 0) is 11.3 Å². The first-order valence-electron chi connectivity index (χ1n) is 7.01. The van der Waals surface area contributed by atoms with Crippen LogP contribution in [0.5, 0.6) is 0 Å². The van der Waals surface area contributed by atoms with Crippen LogP contribution in [0, 0.1) is 20.8 Å². The zero-order chi connectivity index (χ0) is 15.4. The Labute approximate surface area is 131 Å². The van der Waals surface area contributed by atoms with Gasteiger partial charge in [-0.05, 0) is 55.2 Å². The predicted molar refractivity (Wildman–Crippen MR) is 89.0 cm³/mol. The molecular formula is C18H20ClNO. The van der Waals surface area contributed by atoms with E-state index >= 15 is 0 Å². The van der Waals surface area contributed by atoms with Crippen molar-refractivity contribution in [1.82, 2.24) is 0 Å². The molecule has 0 atom stereocenters. The molecule has 2 rings (SSSR count). The number of carbonyl (C=O) groups excluding carboxylic acids is 1. The van der Waals surface area contributed by atoms with Crippen molar-refractivity contribution in [3.63, 3.8) is 0 Å². The summed E-state index contributed by atoms with van der Waals surface area (Å²) in [7, 11) is 0. The van der Waals surface area contributed by atoms with Gasteiger partial charge >= 0.3 is 0 Å². The highest BCUT2D eigenvalue weighted by atomic mass is 35.5. The number of hydrogen-bond acceptors (Lipinski definition) is 1. The fraction of sp³-hybridized carbons (Fsp3) is 0.278. The zero-order valence-electron chi connectivity index (χ0n) is 12.7. The Kier molecular flexibility index (Phi) is 5.03. The van der Waals surface area contributed by atoms with E-state index in [1.54, 1.807) is 4.90 Å². The van der Waals surface area contributed by atoms with Gasteiger partial charge in [0.05, 0.1) is 6.54 Å². The average Bonchev–Trinajstić information content (AvgIpc) is 2.48. The van der Waals surface area contributed by atoms with Crippen molar-refractivity contribution in [3.05, 3.63) is 64.7 Å². The van der Waals surface area contributed by atoms with E-state index in [4.69, 9.17) is 11.6 Å². The summed E-state index contributed by atoms with van der Waals surface area (Å²) in [5, 5.41) is 0. The third kappa shape index (κ3) is 3.64. The van der Waals surface area contributed by atoms with Crippen LogP contribution in [0.3, 0.4) is 0 Å². The number of halogens is 1. The second kappa shape index (κ2) is 6.77. The molecule has 0 aliphatic heterocycles. The van der Waals surface area contributed by atoms with Gasteiger partial charge in [-0.2, -0.15) is 0 Å². The first kappa shape index (κ1) is 15.6. The molecule has 2 aromatic carbocycles. The Bertz CT molecular complexity index is 651. The van der Waals surface area contributed by atoms with Crippen molar-refractivity contribution in [2.24, 2.45) is 0 Å². The minimum atomic E-state index is -0.0804. The van der Waals surface area contributed by atoms with Gasteiger partial charge in [0, 0.05) is 5.69 Å². The second-order valence-electron chi connectivity index (χ2n) is 5.31. The van der Waals surface area contributed by atoms with Gasteiger partial charge in [0.2, 0.25) is 5.91 Å². The molecule has 0 aliphatic carbocycles. The van der Waals surface area contributed by atoms with Crippen LogP contribution < -0.4 is 4.90 Å². The molecule has 0 bridgehead atoms. The van der Waals surface area contributed by atoms with Crippen molar-refractivity contribution in [2.45, 2.75) is 27.3 Å². The van der Waals surface area contributed by atoms with E-state index in [1.807, 2.05) is 36.4 Å². The zero-order valence-corrected chi connectivity index (χ0v) is 13.4. The lowest BCUT2D eigenvalue weighted by molar-refractivity contribution is -0.116. The Morgan fingerprint density at radius 1 is 1.00 bits per heavy atom. The molecule has 0 N–H and O–H groups in total. The molecule has 110 valence electrons. The standard InChI is InChI=1S/C18H20ClNO/c1-13-8-9-17(10-15(13)3)20(18(21)11-19)12-16-7-5-4-6-14(16)2/h4-10H,11-12H2,1-3H3. The molecule has 1 amide bonds.